The molecule has 0 saturated carbocycles. The number of fused-ring (bicyclic) bond motifs is 20. The number of hydrogen-bond donors (Lipinski definition) is 0. The highest BCUT2D eigenvalue weighted by atomic mass is 14.5. The predicted molar refractivity (Wildman–Crippen MR) is 211 cm³/mol. The molecule has 0 aliphatic heterocycles. The first-order valence-corrected chi connectivity index (χ1v) is 18.2. The van der Waals surface area contributed by atoms with Gasteiger partial charge < -0.3 is 0 Å². The van der Waals surface area contributed by atoms with E-state index < -0.39 is 0 Å². The SMILES string of the molecule is C(#Cc1ccc2c(c1)C1(c3ccccc3-c3ccccc31)c1ccccc1-2)c1ccc2c(c1)C1(c3ccccc3-c3ccccc31)c1ccccc1-2. The summed E-state index contributed by atoms with van der Waals surface area (Å²) in [6.07, 6.45) is 0. The standard InChI is InChI=1S/C52H30/c1-7-19-43-35(13-1)36-14-2-8-20-44(36)51(43)47-23-11-5-17-39(47)41-29-27-33(31-49(41)51)25-26-34-28-30-42-40-18-6-12-24-48(40)52(50(42)32-34)45-21-9-3-15-37(45)38-16-4-10-22-46(38)52/h1-24,27-32H. The molecule has 0 N–H and O–H groups in total. The Hall–Kier alpha value is -6.68. The zero-order chi connectivity index (χ0) is 34.0. The summed E-state index contributed by atoms with van der Waals surface area (Å²) in [5.74, 6) is 7.30. The lowest BCUT2D eigenvalue weighted by atomic mass is 9.70. The van der Waals surface area contributed by atoms with Crippen LogP contribution in [0.4, 0.5) is 0 Å². The van der Waals surface area contributed by atoms with Crippen molar-refractivity contribution in [1.82, 2.24) is 0 Å². The predicted octanol–water partition coefficient (Wildman–Crippen LogP) is 11.8. The van der Waals surface area contributed by atoms with Crippen molar-refractivity contribution in [2.45, 2.75) is 10.8 Å². The van der Waals surface area contributed by atoms with E-state index in [-0.39, 0.29) is 10.8 Å². The van der Waals surface area contributed by atoms with Crippen molar-refractivity contribution in [3.8, 4) is 56.3 Å². The highest BCUT2D eigenvalue weighted by molar-refractivity contribution is 5.96. The molecule has 238 valence electrons. The second kappa shape index (κ2) is 9.97. The third-order valence-corrected chi connectivity index (χ3v) is 12.3. The van der Waals surface area contributed by atoms with E-state index in [1.807, 2.05) is 0 Å². The molecule has 0 nitrogen and oxygen atoms in total. The van der Waals surface area contributed by atoms with Crippen LogP contribution in [0.1, 0.15) is 55.6 Å². The molecule has 8 aromatic rings. The molecule has 0 unspecified atom stereocenters. The summed E-state index contributed by atoms with van der Waals surface area (Å²) >= 11 is 0. The van der Waals surface area contributed by atoms with Gasteiger partial charge in [0.15, 0.2) is 0 Å². The van der Waals surface area contributed by atoms with Crippen molar-refractivity contribution >= 4 is 0 Å². The van der Waals surface area contributed by atoms with Crippen molar-refractivity contribution in [2.24, 2.45) is 0 Å². The minimum absolute atomic E-state index is 0.369. The van der Waals surface area contributed by atoms with Gasteiger partial charge in [-0.25, -0.2) is 0 Å². The van der Waals surface area contributed by atoms with Gasteiger partial charge in [0.1, 0.15) is 0 Å². The molecule has 0 fully saturated rings. The Morgan fingerprint density at radius 2 is 0.462 bits per heavy atom. The Balaban J connectivity index is 1.05. The molecule has 0 heterocycles. The van der Waals surface area contributed by atoms with E-state index in [9.17, 15) is 0 Å². The zero-order valence-corrected chi connectivity index (χ0v) is 28.3. The highest BCUT2D eigenvalue weighted by Gasteiger charge is 2.52. The van der Waals surface area contributed by atoms with E-state index >= 15 is 0 Å². The molecule has 8 aromatic carbocycles. The molecule has 0 saturated heterocycles. The minimum Gasteiger partial charge on any atom is -0.0619 e. The molecule has 0 aromatic heterocycles. The van der Waals surface area contributed by atoms with Crippen LogP contribution in [0, 0.1) is 11.8 Å². The van der Waals surface area contributed by atoms with E-state index in [1.165, 1.54) is 89.0 Å². The lowest BCUT2D eigenvalue weighted by Crippen LogP contribution is -2.25. The summed E-state index contributed by atoms with van der Waals surface area (Å²) in [5, 5.41) is 0. The van der Waals surface area contributed by atoms with E-state index in [1.54, 1.807) is 0 Å². The Morgan fingerprint density at radius 3 is 0.731 bits per heavy atom. The summed E-state index contributed by atoms with van der Waals surface area (Å²) in [4.78, 5) is 0. The van der Waals surface area contributed by atoms with Gasteiger partial charge in [-0.2, -0.15) is 0 Å². The summed E-state index contributed by atoms with van der Waals surface area (Å²) < 4.78 is 0. The van der Waals surface area contributed by atoms with Gasteiger partial charge in [-0.05, 0) is 113 Å². The normalized spacial score (nSPS) is 14.7. The van der Waals surface area contributed by atoms with Gasteiger partial charge in [-0.15, -0.1) is 0 Å². The zero-order valence-electron chi connectivity index (χ0n) is 28.3. The van der Waals surface area contributed by atoms with Crippen molar-refractivity contribution in [3.63, 3.8) is 0 Å². The molecule has 2 spiro atoms. The molecule has 0 atom stereocenters. The maximum atomic E-state index is 3.65. The van der Waals surface area contributed by atoms with Gasteiger partial charge in [0.25, 0.3) is 0 Å². The number of hydrogen-bond acceptors (Lipinski definition) is 0. The first-order valence-electron chi connectivity index (χ1n) is 18.2. The van der Waals surface area contributed by atoms with Gasteiger partial charge in [0.05, 0.1) is 10.8 Å². The summed E-state index contributed by atoms with van der Waals surface area (Å²) in [6.45, 7) is 0. The quantitative estimate of drug-likeness (QED) is 0.143. The topological polar surface area (TPSA) is 0 Å². The van der Waals surface area contributed by atoms with Crippen LogP contribution in [-0.4, -0.2) is 0 Å². The monoisotopic (exact) mass is 654 g/mol. The molecule has 0 radical (unpaired) electrons. The van der Waals surface area contributed by atoms with Crippen LogP contribution < -0.4 is 0 Å². The second-order valence-corrected chi connectivity index (χ2v) is 14.5. The van der Waals surface area contributed by atoms with Crippen LogP contribution in [-0.2, 0) is 10.8 Å². The minimum atomic E-state index is -0.369. The van der Waals surface area contributed by atoms with Crippen molar-refractivity contribution in [3.05, 3.63) is 238 Å². The smallest absolute Gasteiger partial charge is 0.0619 e. The summed E-state index contributed by atoms with van der Waals surface area (Å²) in [6, 6.07) is 67.6. The van der Waals surface area contributed by atoms with Gasteiger partial charge >= 0.3 is 0 Å². The van der Waals surface area contributed by atoms with Crippen molar-refractivity contribution in [2.75, 3.05) is 0 Å². The molecule has 0 amide bonds. The molecule has 0 heteroatoms. The number of benzene rings is 8. The molecule has 4 aliphatic rings. The molecule has 12 rings (SSSR count). The summed E-state index contributed by atoms with van der Waals surface area (Å²) in [7, 11) is 0. The molecule has 52 heavy (non-hydrogen) atoms. The van der Waals surface area contributed by atoms with Crippen LogP contribution >= 0.6 is 0 Å². The van der Waals surface area contributed by atoms with Crippen LogP contribution in [0.2, 0.25) is 0 Å². The molecule has 4 aliphatic carbocycles. The van der Waals surface area contributed by atoms with E-state index in [0.29, 0.717) is 0 Å². The Bertz CT molecular complexity index is 2600. The average Bonchev–Trinajstić information content (AvgIpc) is 3.89. The summed E-state index contributed by atoms with van der Waals surface area (Å²) in [5.41, 5.74) is 22.6. The largest absolute Gasteiger partial charge is 0.0725 e. The lowest BCUT2D eigenvalue weighted by molar-refractivity contribution is 0.793. The molecular weight excluding hydrogens is 625 g/mol. The first-order chi connectivity index (χ1) is 25.8. The van der Waals surface area contributed by atoms with Crippen LogP contribution in [0.25, 0.3) is 44.5 Å². The van der Waals surface area contributed by atoms with E-state index in [0.717, 1.165) is 11.1 Å². The fourth-order valence-corrected chi connectivity index (χ4v) is 10.5. The fourth-order valence-electron chi connectivity index (χ4n) is 10.5. The Morgan fingerprint density at radius 1 is 0.231 bits per heavy atom. The van der Waals surface area contributed by atoms with Gasteiger partial charge in [0.2, 0.25) is 0 Å². The number of rotatable bonds is 0. The van der Waals surface area contributed by atoms with Crippen molar-refractivity contribution in [1.29, 1.82) is 0 Å². The Kier molecular flexibility index (Phi) is 5.38. The van der Waals surface area contributed by atoms with Gasteiger partial charge in [-0.3, -0.25) is 0 Å². The van der Waals surface area contributed by atoms with Crippen LogP contribution in [0.5, 0.6) is 0 Å². The Labute approximate surface area is 303 Å². The first kappa shape index (κ1) is 28.1. The van der Waals surface area contributed by atoms with E-state index in [4.69, 9.17) is 0 Å². The van der Waals surface area contributed by atoms with Crippen molar-refractivity contribution < 1.29 is 0 Å². The lowest BCUT2D eigenvalue weighted by Gasteiger charge is -2.30. The third kappa shape index (κ3) is 3.26. The molecule has 0 bridgehead atoms. The average molecular weight is 655 g/mol. The highest BCUT2D eigenvalue weighted by Crippen LogP contribution is 2.64. The maximum Gasteiger partial charge on any atom is 0.0725 e. The van der Waals surface area contributed by atoms with Crippen LogP contribution in [0.3, 0.4) is 0 Å². The second-order valence-electron chi connectivity index (χ2n) is 14.5. The fraction of sp³-hybridized carbons (Fsp3) is 0.0385. The van der Waals surface area contributed by atoms with Crippen LogP contribution in [0.15, 0.2) is 182 Å². The molecular formula is C52H30. The van der Waals surface area contributed by atoms with E-state index in [2.05, 4.69) is 194 Å². The maximum absolute atomic E-state index is 3.65. The third-order valence-electron chi connectivity index (χ3n) is 12.3. The van der Waals surface area contributed by atoms with Gasteiger partial charge in [0, 0.05) is 11.1 Å². The van der Waals surface area contributed by atoms with Gasteiger partial charge in [-0.1, -0.05) is 170 Å².